The molecular formula is C13H20N4O3. The number of nitrogen functional groups attached to an aromatic ring is 1. The molecule has 7 heteroatoms. The highest BCUT2D eigenvalue weighted by molar-refractivity contribution is 5.53. The third kappa shape index (κ3) is 3.36. The van der Waals surface area contributed by atoms with Gasteiger partial charge in [-0.2, -0.15) is 4.98 Å². The van der Waals surface area contributed by atoms with Crippen LogP contribution in [0.25, 0.3) is 0 Å². The smallest absolute Gasteiger partial charge is 0.311 e. The van der Waals surface area contributed by atoms with Crippen molar-refractivity contribution in [2.75, 3.05) is 18.9 Å². The number of anilines is 1. The van der Waals surface area contributed by atoms with E-state index in [4.69, 9.17) is 16.2 Å². The van der Waals surface area contributed by atoms with Gasteiger partial charge < -0.3 is 16.2 Å². The fourth-order valence-corrected chi connectivity index (χ4v) is 2.69. The summed E-state index contributed by atoms with van der Waals surface area (Å²) >= 11 is 0. The van der Waals surface area contributed by atoms with Crippen molar-refractivity contribution in [3.63, 3.8) is 0 Å². The number of pyridine rings is 1. The monoisotopic (exact) mass is 280 g/mol. The minimum absolute atomic E-state index is 0.119. The molecule has 1 fully saturated rings. The fourth-order valence-electron chi connectivity index (χ4n) is 2.69. The molecule has 0 spiro atoms. The van der Waals surface area contributed by atoms with Crippen LogP contribution in [-0.2, 0) is 0 Å². The molecule has 0 aromatic carbocycles. The third-order valence-corrected chi connectivity index (χ3v) is 3.89. The summed E-state index contributed by atoms with van der Waals surface area (Å²) in [6.07, 6.45) is 4.66. The van der Waals surface area contributed by atoms with E-state index in [0.29, 0.717) is 30.9 Å². The second kappa shape index (κ2) is 6.51. The van der Waals surface area contributed by atoms with Crippen molar-refractivity contribution in [1.82, 2.24) is 4.98 Å². The molecule has 0 radical (unpaired) electrons. The molecule has 2 atom stereocenters. The van der Waals surface area contributed by atoms with E-state index in [1.165, 1.54) is 25.0 Å². The van der Waals surface area contributed by atoms with Crippen LogP contribution in [-0.4, -0.2) is 23.1 Å². The van der Waals surface area contributed by atoms with Gasteiger partial charge in [0.1, 0.15) is 0 Å². The van der Waals surface area contributed by atoms with E-state index in [2.05, 4.69) is 4.98 Å². The van der Waals surface area contributed by atoms with Gasteiger partial charge in [0.25, 0.3) is 0 Å². The molecule has 1 aliphatic carbocycles. The van der Waals surface area contributed by atoms with Crippen LogP contribution in [0.15, 0.2) is 12.1 Å². The average molecular weight is 280 g/mol. The Bertz CT molecular complexity index is 481. The highest BCUT2D eigenvalue weighted by atomic mass is 16.6. The normalized spacial score (nSPS) is 22.4. The van der Waals surface area contributed by atoms with E-state index < -0.39 is 4.92 Å². The van der Waals surface area contributed by atoms with Gasteiger partial charge in [0.05, 0.1) is 11.5 Å². The Morgan fingerprint density at radius 2 is 2.05 bits per heavy atom. The summed E-state index contributed by atoms with van der Waals surface area (Å²) in [6.45, 7) is 1.20. The first-order chi connectivity index (χ1) is 9.61. The van der Waals surface area contributed by atoms with Gasteiger partial charge in [0.2, 0.25) is 11.7 Å². The first-order valence-corrected chi connectivity index (χ1v) is 6.85. The number of ether oxygens (including phenoxy) is 1. The number of nitrogens with zero attached hydrogens (tertiary/aromatic N) is 2. The van der Waals surface area contributed by atoms with Crippen LogP contribution in [0, 0.1) is 22.0 Å². The molecule has 110 valence electrons. The van der Waals surface area contributed by atoms with Gasteiger partial charge in [0.15, 0.2) is 0 Å². The van der Waals surface area contributed by atoms with Crippen LogP contribution in [0.5, 0.6) is 5.88 Å². The predicted molar refractivity (Wildman–Crippen MR) is 75.3 cm³/mol. The Balaban J connectivity index is 1.96. The van der Waals surface area contributed by atoms with Gasteiger partial charge in [-0.1, -0.05) is 12.8 Å². The quantitative estimate of drug-likeness (QED) is 0.626. The van der Waals surface area contributed by atoms with Gasteiger partial charge in [-0.25, -0.2) is 0 Å². The van der Waals surface area contributed by atoms with Crippen molar-refractivity contribution >= 4 is 11.5 Å². The summed E-state index contributed by atoms with van der Waals surface area (Å²) in [7, 11) is 0. The second-order valence-corrected chi connectivity index (χ2v) is 5.16. The van der Waals surface area contributed by atoms with Crippen molar-refractivity contribution in [2.45, 2.75) is 25.7 Å². The van der Waals surface area contributed by atoms with Crippen LogP contribution < -0.4 is 16.2 Å². The number of aromatic nitrogens is 1. The molecule has 1 saturated carbocycles. The van der Waals surface area contributed by atoms with Crippen LogP contribution in [0.1, 0.15) is 25.7 Å². The Kier molecular flexibility index (Phi) is 4.73. The van der Waals surface area contributed by atoms with Gasteiger partial charge in [0, 0.05) is 12.1 Å². The molecule has 4 N–H and O–H groups in total. The maximum Gasteiger partial charge on any atom is 0.311 e. The summed E-state index contributed by atoms with van der Waals surface area (Å²) in [5.74, 6) is 1.12. The molecule has 0 aliphatic heterocycles. The number of nitro groups is 1. The van der Waals surface area contributed by atoms with Crippen molar-refractivity contribution in [3.05, 3.63) is 22.2 Å². The Morgan fingerprint density at radius 3 is 2.65 bits per heavy atom. The van der Waals surface area contributed by atoms with Crippen LogP contribution >= 0.6 is 0 Å². The van der Waals surface area contributed by atoms with Crippen molar-refractivity contribution in [2.24, 2.45) is 17.6 Å². The minimum atomic E-state index is -0.558. The van der Waals surface area contributed by atoms with Gasteiger partial charge in [-0.3, -0.25) is 10.1 Å². The lowest BCUT2D eigenvalue weighted by atomic mass is 9.80. The van der Waals surface area contributed by atoms with Gasteiger partial charge in [-0.05, 0) is 31.2 Å². The third-order valence-electron chi connectivity index (χ3n) is 3.89. The lowest BCUT2D eigenvalue weighted by molar-refractivity contribution is -0.384. The van der Waals surface area contributed by atoms with E-state index in [9.17, 15) is 10.1 Å². The standard InChI is InChI=1S/C13H20N4O3/c14-7-9-3-1-2-4-10(9)8-20-12-6-5-11(17(18)19)13(15)16-12/h5-6,9-10H,1-4,7-8,14H2,(H2,15,16). The average Bonchev–Trinajstić information content (AvgIpc) is 2.45. The molecule has 1 aromatic rings. The zero-order valence-corrected chi connectivity index (χ0v) is 11.3. The van der Waals surface area contributed by atoms with Gasteiger partial charge >= 0.3 is 5.69 Å². The first-order valence-electron chi connectivity index (χ1n) is 6.85. The fraction of sp³-hybridized carbons (Fsp3) is 0.615. The summed E-state index contributed by atoms with van der Waals surface area (Å²) in [5, 5.41) is 10.7. The molecule has 0 amide bonds. The Hall–Kier alpha value is -1.89. The lowest BCUT2D eigenvalue weighted by Crippen LogP contribution is -2.30. The molecule has 1 aliphatic rings. The highest BCUT2D eigenvalue weighted by Gasteiger charge is 2.24. The molecule has 0 saturated heterocycles. The summed E-state index contributed by atoms with van der Waals surface area (Å²) in [4.78, 5) is 14.0. The molecule has 20 heavy (non-hydrogen) atoms. The van der Waals surface area contributed by atoms with E-state index in [1.807, 2.05) is 0 Å². The van der Waals surface area contributed by atoms with Crippen molar-refractivity contribution < 1.29 is 9.66 Å². The number of hydrogen-bond donors (Lipinski definition) is 2. The number of rotatable bonds is 5. The number of nitrogens with two attached hydrogens (primary N) is 2. The molecule has 1 aromatic heterocycles. The van der Waals surface area contributed by atoms with Crippen molar-refractivity contribution in [1.29, 1.82) is 0 Å². The topological polar surface area (TPSA) is 117 Å². The summed E-state index contributed by atoms with van der Waals surface area (Å²) in [6, 6.07) is 2.80. The zero-order valence-electron chi connectivity index (χ0n) is 11.3. The van der Waals surface area contributed by atoms with Crippen molar-refractivity contribution in [3.8, 4) is 5.88 Å². The summed E-state index contributed by atoms with van der Waals surface area (Å²) < 4.78 is 5.62. The Labute approximate surface area is 117 Å². The minimum Gasteiger partial charge on any atom is -0.477 e. The summed E-state index contributed by atoms with van der Waals surface area (Å²) in [5.41, 5.74) is 11.1. The maximum atomic E-state index is 10.7. The molecule has 1 heterocycles. The van der Waals surface area contributed by atoms with Crippen LogP contribution in [0.2, 0.25) is 0 Å². The van der Waals surface area contributed by atoms with Gasteiger partial charge in [-0.15, -0.1) is 0 Å². The largest absolute Gasteiger partial charge is 0.477 e. The molecule has 0 bridgehead atoms. The van der Waals surface area contributed by atoms with Crippen LogP contribution in [0.4, 0.5) is 11.5 Å². The van der Waals surface area contributed by atoms with E-state index in [1.54, 1.807) is 0 Å². The van der Waals surface area contributed by atoms with E-state index in [0.717, 1.165) is 12.8 Å². The number of hydrogen-bond acceptors (Lipinski definition) is 6. The SMILES string of the molecule is NCC1CCCCC1COc1ccc([N+](=O)[O-])c(N)n1. The highest BCUT2D eigenvalue weighted by Crippen LogP contribution is 2.30. The predicted octanol–water partition coefficient (Wildman–Crippen LogP) is 1.72. The molecule has 2 rings (SSSR count). The second-order valence-electron chi connectivity index (χ2n) is 5.16. The molecule has 2 unspecified atom stereocenters. The maximum absolute atomic E-state index is 10.7. The molecular weight excluding hydrogens is 260 g/mol. The van der Waals surface area contributed by atoms with E-state index in [-0.39, 0.29) is 11.5 Å². The van der Waals surface area contributed by atoms with Crippen LogP contribution in [0.3, 0.4) is 0 Å². The van der Waals surface area contributed by atoms with E-state index >= 15 is 0 Å². The first kappa shape index (κ1) is 14.5. The Morgan fingerprint density at radius 1 is 1.35 bits per heavy atom. The lowest BCUT2D eigenvalue weighted by Gasteiger charge is -2.30. The zero-order chi connectivity index (χ0) is 14.5. The molecule has 7 nitrogen and oxygen atoms in total.